The van der Waals surface area contributed by atoms with E-state index >= 15 is 0 Å². The third-order valence-corrected chi connectivity index (χ3v) is 2.88. The summed E-state index contributed by atoms with van der Waals surface area (Å²) >= 11 is 0. The summed E-state index contributed by atoms with van der Waals surface area (Å²) in [6.45, 7) is 0.376. The van der Waals surface area contributed by atoms with Gasteiger partial charge in [-0.2, -0.15) is 0 Å². The van der Waals surface area contributed by atoms with E-state index in [1.54, 1.807) is 12.1 Å². The predicted octanol–water partition coefficient (Wildman–Crippen LogP) is 1.35. The highest BCUT2D eigenvalue weighted by Crippen LogP contribution is 2.25. The van der Waals surface area contributed by atoms with Gasteiger partial charge in [0.25, 0.3) is 0 Å². The van der Waals surface area contributed by atoms with Crippen LogP contribution < -0.4 is 5.32 Å². The molecule has 0 aliphatic carbocycles. The third kappa shape index (κ3) is 3.04. The molecule has 0 spiro atoms. The number of anilines is 1. The average Bonchev–Trinajstić information content (AvgIpc) is 2.44. The molecule has 6 heteroatoms. The van der Waals surface area contributed by atoms with Gasteiger partial charge >= 0.3 is 5.97 Å². The van der Waals surface area contributed by atoms with Gasteiger partial charge in [-0.25, -0.2) is 4.79 Å². The van der Waals surface area contributed by atoms with Crippen molar-refractivity contribution in [2.24, 2.45) is 0 Å². The number of hydrogen-bond donors (Lipinski definition) is 3. The minimum Gasteiger partial charge on any atom is -0.478 e. The molecule has 0 fully saturated rings. The Morgan fingerprint density at radius 3 is 2.90 bits per heavy atom. The van der Waals surface area contributed by atoms with Crippen LogP contribution in [-0.4, -0.2) is 47.5 Å². The van der Waals surface area contributed by atoms with E-state index in [-0.39, 0.29) is 18.7 Å². The van der Waals surface area contributed by atoms with Crippen LogP contribution in [0.1, 0.15) is 10.4 Å². The van der Waals surface area contributed by atoms with E-state index in [0.29, 0.717) is 16.6 Å². The molecule has 1 heterocycles. The van der Waals surface area contributed by atoms with Crippen molar-refractivity contribution in [2.75, 3.05) is 25.6 Å². The lowest BCUT2D eigenvalue weighted by atomic mass is 10.1. The van der Waals surface area contributed by atoms with Gasteiger partial charge in [0.1, 0.15) is 5.56 Å². The maximum Gasteiger partial charge on any atom is 0.339 e. The Kier molecular flexibility index (Phi) is 4.49. The van der Waals surface area contributed by atoms with E-state index in [1.807, 2.05) is 12.1 Å². The molecule has 6 nitrogen and oxygen atoms in total. The number of rotatable bonds is 6. The Labute approximate surface area is 116 Å². The lowest BCUT2D eigenvalue weighted by molar-refractivity contribution is 0.0693. The molecule has 1 aromatic heterocycles. The van der Waals surface area contributed by atoms with Gasteiger partial charge in [0.2, 0.25) is 0 Å². The maximum absolute atomic E-state index is 11.3. The Hall–Kier alpha value is -2.18. The van der Waals surface area contributed by atoms with Crippen LogP contribution in [0.25, 0.3) is 10.9 Å². The number of aliphatic hydroxyl groups excluding tert-OH is 1. The first-order chi connectivity index (χ1) is 9.63. The second kappa shape index (κ2) is 6.31. The van der Waals surface area contributed by atoms with Gasteiger partial charge in [0.15, 0.2) is 0 Å². The topological polar surface area (TPSA) is 91.7 Å². The van der Waals surface area contributed by atoms with Crippen LogP contribution in [0.5, 0.6) is 0 Å². The number of nitrogens with zero attached hydrogens (tertiary/aromatic N) is 1. The van der Waals surface area contributed by atoms with Crippen molar-refractivity contribution >= 4 is 22.6 Å². The highest BCUT2D eigenvalue weighted by atomic mass is 16.5. The van der Waals surface area contributed by atoms with E-state index in [0.717, 1.165) is 0 Å². The van der Waals surface area contributed by atoms with Gasteiger partial charge in [0.05, 0.1) is 23.9 Å². The molecule has 0 saturated carbocycles. The van der Waals surface area contributed by atoms with Crippen molar-refractivity contribution in [2.45, 2.75) is 6.10 Å². The Morgan fingerprint density at radius 1 is 1.45 bits per heavy atom. The van der Waals surface area contributed by atoms with Crippen molar-refractivity contribution in [3.63, 3.8) is 0 Å². The van der Waals surface area contributed by atoms with E-state index in [2.05, 4.69) is 10.3 Å². The monoisotopic (exact) mass is 276 g/mol. The summed E-state index contributed by atoms with van der Waals surface area (Å²) in [6, 6.07) is 7.24. The van der Waals surface area contributed by atoms with Gasteiger partial charge in [-0.1, -0.05) is 18.2 Å². The largest absolute Gasteiger partial charge is 0.478 e. The van der Waals surface area contributed by atoms with E-state index in [4.69, 9.17) is 4.74 Å². The Bertz CT molecular complexity index is 615. The molecule has 1 atom stereocenters. The van der Waals surface area contributed by atoms with E-state index in [9.17, 15) is 15.0 Å². The number of aromatic carboxylic acids is 1. The van der Waals surface area contributed by atoms with Crippen LogP contribution in [0.2, 0.25) is 0 Å². The Morgan fingerprint density at radius 2 is 2.20 bits per heavy atom. The number of fused-ring (bicyclic) bond motifs is 1. The van der Waals surface area contributed by atoms with Gasteiger partial charge in [-0.15, -0.1) is 0 Å². The van der Waals surface area contributed by atoms with Gasteiger partial charge < -0.3 is 20.3 Å². The summed E-state index contributed by atoms with van der Waals surface area (Å²) in [5.74, 6) is -1.06. The fraction of sp³-hybridized carbons (Fsp3) is 0.286. The number of carbonyl (C=O) groups is 1. The van der Waals surface area contributed by atoms with Gasteiger partial charge in [-0.3, -0.25) is 4.98 Å². The van der Waals surface area contributed by atoms with Crippen LogP contribution in [-0.2, 0) is 4.74 Å². The molecule has 106 valence electrons. The number of aliphatic hydroxyl groups is 1. The lowest BCUT2D eigenvalue weighted by Crippen LogP contribution is -2.25. The molecule has 0 saturated heterocycles. The summed E-state index contributed by atoms with van der Waals surface area (Å²) in [5, 5.41) is 22.6. The van der Waals surface area contributed by atoms with Crippen molar-refractivity contribution in [1.29, 1.82) is 0 Å². The number of carboxylic acids is 1. The summed E-state index contributed by atoms with van der Waals surface area (Å²) in [4.78, 5) is 15.4. The van der Waals surface area contributed by atoms with Crippen LogP contribution in [0, 0.1) is 0 Å². The normalized spacial score (nSPS) is 12.3. The van der Waals surface area contributed by atoms with Crippen LogP contribution in [0.15, 0.2) is 30.5 Å². The standard InChI is InChI=1S/C14H16N2O4/c1-20-8-9(17)6-16-13-10-4-2-3-5-12(10)15-7-11(13)14(18)19/h2-5,7,9,17H,6,8H2,1H3,(H,15,16)(H,18,19). The van der Waals surface area contributed by atoms with Crippen molar-refractivity contribution in [1.82, 2.24) is 4.98 Å². The highest BCUT2D eigenvalue weighted by molar-refractivity contribution is 6.04. The van der Waals surface area contributed by atoms with E-state index in [1.165, 1.54) is 13.3 Å². The Balaban J connectivity index is 2.37. The molecule has 0 radical (unpaired) electrons. The fourth-order valence-electron chi connectivity index (χ4n) is 1.97. The molecule has 20 heavy (non-hydrogen) atoms. The van der Waals surface area contributed by atoms with Gasteiger partial charge in [0, 0.05) is 25.2 Å². The number of ether oxygens (including phenoxy) is 1. The number of methoxy groups -OCH3 is 1. The number of hydrogen-bond acceptors (Lipinski definition) is 5. The number of carboxylic acid groups (broad SMARTS) is 1. The minimum atomic E-state index is -1.06. The van der Waals surface area contributed by atoms with Crippen molar-refractivity contribution in [3.05, 3.63) is 36.0 Å². The molecule has 3 N–H and O–H groups in total. The number of benzene rings is 1. The summed E-state index contributed by atoms with van der Waals surface area (Å²) < 4.78 is 4.84. The van der Waals surface area contributed by atoms with Crippen LogP contribution in [0.3, 0.4) is 0 Å². The summed E-state index contributed by atoms with van der Waals surface area (Å²) in [5.41, 5.74) is 1.23. The van der Waals surface area contributed by atoms with Crippen LogP contribution >= 0.6 is 0 Å². The fourth-order valence-corrected chi connectivity index (χ4v) is 1.97. The molecule has 2 aromatic rings. The van der Waals surface area contributed by atoms with E-state index < -0.39 is 12.1 Å². The first kappa shape index (κ1) is 14.2. The number of aromatic nitrogens is 1. The summed E-state index contributed by atoms with van der Waals surface area (Å²) in [7, 11) is 1.49. The molecule has 1 unspecified atom stereocenters. The molecule has 1 aromatic carbocycles. The molecule has 0 amide bonds. The van der Waals surface area contributed by atoms with Crippen molar-refractivity contribution < 1.29 is 19.7 Å². The zero-order valence-corrected chi connectivity index (χ0v) is 11.0. The number of para-hydroxylation sites is 1. The third-order valence-electron chi connectivity index (χ3n) is 2.88. The zero-order chi connectivity index (χ0) is 14.5. The van der Waals surface area contributed by atoms with Crippen molar-refractivity contribution in [3.8, 4) is 0 Å². The second-order valence-corrected chi connectivity index (χ2v) is 4.36. The first-order valence-corrected chi connectivity index (χ1v) is 6.15. The molecular weight excluding hydrogens is 260 g/mol. The molecule has 2 rings (SSSR count). The zero-order valence-electron chi connectivity index (χ0n) is 11.0. The quantitative estimate of drug-likeness (QED) is 0.737. The van der Waals surface area contributed by atoms with Crippen LogP contribution in [0.4, 0.5) is 5.69 Å². The lowest BCUT2D eigenvalue weighted by Gasteiger charge is -2.15. The first-order valence-electron chi connectivity index (χ1n) is 6.15. The number of pyridine rings is 1. The SMILES string of the molecule is COCC(O)CNc1c(C(=O)O)cnc2ccccc12. The average molecular weight is 276 g/mol. The van der Waals surface area contributed by atoms with Gasteiger partial charge in [-0.05, 0) is 6.07 Å². The maximum atomic E-state index is 11.3. The smallest absolute Gasteiger partial charge is 0.339 e. The molecular formula is C14H16N2O4. The highest BCUT2D eigenvalue weighted by Gasteiger charge is 2.15. The number of nitrogens with one attached hydrogen (secondary N) is 1. The molecule has 0 bridgehead atoms. The summed E-state index contributed by atoms with van der Waals surface area (Å²) in [6.07, 6.45) is 0.601. The molecule has 0 aliphatic rings. The molecule has 0 aliphatic heterocycles. The second-order valence-electron chi connectivity index (χ2n) is 4.36. The predicted molar refractivity (Wildman–Crippen MR) is 75.1 cm³/mol. The minimum absolute atomic E-state index is 0.0771.